The Balaban J connectivity index is 2.00. The summed E-state index contributed by atoms with van der Waals surface area (Å²) in [6.45, 7) is 0.688. The van der Waals surface area contributed by atoms with Crippen LogP contribution in [0.1, 0.15) is 12.8 Å². The molecule has 0 spiro atoms. The average Bonchev–Trinajstić information content (AvgIpc) is 2.46. The number of carbonyl (C=O) groups is 2. The zero-order valence-electron chi connectivity index (χ0n) is 12.1. The van der Waals surface area contributed by atoms with Gasteiger partial charge < -0.3 is 20.7 Å². The van der Waals surface area contributed by atoms with E-state index in [1.54, 1.807) is 0 Å². The number of piperidine rings is 1. The number of urea groups is 1. The van der Waals surface area contributed by atoms with Crippen LogP contribution in [0, 0.1) is 5.92 Å². The van der Waals surface area contributed by atoms with Gasteiger partial charge in [0.1, 0.15) is 5.75 Å². The highest BCUT2D eigenvalue weighted by atomic mass is 19.4. The van der Waals surface area contributed by atoms with Gasteiger partial charge in [-0.3, -0.25) is 4.79 Å². The van der Waals surface area contributed by atoms with Gasteiger partial charge in [0.05, 0.1) is 5.92 Å². The van der Waals surface area contributed by atoms with E-state index in [2.05, 4.69) is 10.1 Å². The van der Waals surface area contributed by atoms with E-state index in [1.807, 2.05) is 0 Å². The van der Waals surface area contributed by atoms with Crippen molar-refractivity contribution in [1.82, 2.24) is 4.90 Å². The molecule has 9 heteroatoms. The van der Waals surface area contributed by atoms with Crippen molar-refractivity contribution in [2.45, 2.75) is 19.2 Å². The average molecular weight is 331 g/mol. The van der Waals surface area contributed by atoms with Gasteiger partial charge in [-0.2, -0.15) is 0 Å². The molecule has 0 aromatic heterocycles. The molecule has 1 unspecified atom stereocenters. The summed E-state index contributed by atoms with van der Waals surface area (Å²) >= 11 is 0. The third kappa shape index (κ3) is 5.04. The van der Waals surface area contributed by atoms with Crippen molar-refractivity contribution in [3.63, 3.8) is 0 Å². The molecule has 1 fully saturated rings. The first-order chi connectivity index (χ1) is 10.7. The summed E-state index contributed by atoms with van der Waals surface area (Å²) < 4.78 is 40.4. The minimum atomic E-state index is -4.80. The second-order valence-electron chi connectivity index (χ2n) is 5.19. The molecule has 126 valence electrons. The molecular formula is C14H16F3N3O3. The molecule has 0 radical (unpaired) electrons. The smallest absolute Gasteiger partial charge is 0.406 e. The molecule has 0 saturated carbocycles. The molecule has 1 aliphatic rings. The van der Waals surface area contributed by atoms with Crippen molar-refractivity contribution < 1.29 is 27.5 Å². The third-order valence-electron chi connectivity index (χ3n) is 3.44. The topological polar surface area (TPSA) is 84.7 Å². The molecule has 2 rings (SSSR count). The van der Waals surface area contributed by atoms with Crippen molar-refractivity contribution in [1.29, 1.82) is 0 Å². The van der Waals surface area contributed by atoms with Crippen LogP contribution in [0.2, 0.25) is 0 Å². The summed E-state index contributed by atoms with van der Waals surface area (Å²) in [4.78, 5) is 24.7. The van der Waals surface area contributed by atoms with Gasteiger partial charge in [0.15, 0.2) is 0 Å². The second kappa shape index (κ2) is 6.76. The van der Waals surface area contributed by atoms with Gasteiger partial charge in [-0.25, -0.2) is 4.79 Å². The highest BCUT2D eigenvalue weighted by Gasteiger charge is 2.31. The van der Waals surface area contributed by atoms with Crippen molar-refractivity contribution in [3.8, 4) is 5.75 Å². The molecule has 3 amide bonds. The van der Waals surface area contributed by atoms with Gasteiger partial charge in [0, 0.05) is 24.8 Å². The molecule has 1 aromatic rings. The second-order valence-corrected chi connectivity index (χ2v) is 5.19. The number of nitrogens with one attached hydrogen (secondary N) is 1. The van der Waals surface area contributed by atoms with E-state index in [4.69, 9.17) is 5.73 Å². The number of benzene rings is 1. The number of likely N-dealkylation sites (tertiary alicyclic amines) is 1. The first kappa shape index (κ1) is 16.9. The first-order valence-corrected chi connectivity index (χ1v) is 6.95. The molecule has 0 bridgehead atoms. The lowest BCUT2D eigenvalue weighted by molar-refractivity contribution is -0.274. The maximum Gasteiger partial charge on any atom is 0.573 e. The first-order valence-electron chi connectivity index (χ1n) is 6.95. The number of hydrogen-bond acceptors (Lipinski definition) is 3. The van der Waals surface area contributed by atoms with Gasteiger partial charge in [0.25, 0.3) is 0 Å². The van der Waals surface area contributed by atoms with E-state index in [1.165, 1.54) is 17.0 Å². The fourth-order valence-electron chi connectivity index (χ4n) is 2.41. The molecule has 1 saturated heterocycles. The Morgan fingerprint density at radius 1 is 1.35 bits per heavy atom. The molecule has 23 heavy (non-hydrogen) atoms. The molecule has 1 aromatic carbocycles. The Morgan fingerprint density at radius 2 is 2.09 bits per heavy atom. The van der Waals surface area contributed by atoms with Gasteiger partial charge >= 0.3 is 12.4 Å². The van der Waals surface area contributed by atoms with Crippen LogP contribution in [0.25, 0.3) is 0 Å². The van der Waals surface area contributed by atoms with Gasteiger partial charge in [-0.1, -0.05) is 6.07 Å². The molecule has 3 N–H and O–H groups in total. The van der Waals surface area contributed by atoms with Crippen molar-refractivity contribution >= 4 is 17.6 Å². The maximum absolute atomic E-state index is 12.2. The molecule has 6 nitrogen and oxygen atoms in total. The predicted molar refractivity (Wildman–Crippen MR) is 75.6 cm³/mol. The third-order valence-corrected chi connectivity index (χ3v) is 3.44. The van der Waals surface area contributed by atoms with Gasteiger partial charge in [0.2, 0.25) is 5.91 Å². The SMILES string of the molecule is NC(=O)N1CCCC(C(=O)Nc2cccc(OC(F)(F)F)c2)C1. The van der Waals surface area contributed by atoms with E-state index in [-0.39, 0.29) is 18.1 Å². The number of anilines is 1. The number of carbonyl (C=O) groups excluding carboxylic acids is 2. The largest absolute Gasteiger partial charge is 0.573 e. The van der Waals surface area contributed by atoms with Crippen LogP contribution in [0.4, 0.5) is 23.7 Å². The van der Waals surface area contributed by atoms with Crippen LogP contribution >= 0.6 is 0 Å². The summed E-state index contributed by atoms with van der Waals surface area (Å²) in [5, 5.41) is 2.53. The van der Waals surface area contributed by atoms with E-state index in [0.717, 1.165) is 12.1 Å². The van der Waals surface area contributed by atoms with Crippen LogP contribution in [0.15, 0.2) is 24.3 Å². The Bertz CT molecular complexity index is 592. The summed E-state index contributed by atoms with van der Waals surface area (Å²) in [5.74, 6) is -1.25. The summed E-state index contributed by atoms with van der Waals surface area (Å²) in [7, 11) is 0. The van der Waals surface area contributed by atoms with Crippen LogP contribution in [-0.2, 0) is 4.79 Å². The number of hydrogen-bond donors (Lipinski definition) is 2. The van der Waals surface area contributed by atoms with Crippen LogP contribution in [0.5, 0.6) is 5.75 Å². The van der Waals surface area contributed by atoms with E-state index in [0.29, 0.717) is 19.4 Å². The molecular weight excluding hydrogens is 315 g/mol. The number of amides is 3. The lowest BCUT2D eigenvalue weighted by Crippen LogP contribution is -2.46. The van der Waals surface area contributed by atoms with E-state index >= 15 is 0 Å². The normalized spacial score (nSPS) is 18.4. The Hall–Kier alpha value is -2.45. The quantitative estimate of drug-likeness (QED) is 0.891. The number of nitrogens with two attached hydrogens (primary N) is 1. The zero-order valence-corrected chi connectivity index (χ0v) is 12.1. The van der Waals surface area contributed by atoms with Crippen molar-refractivity contribution in [2.75, 3.05) is 18.4 Å². The number of rotatable bonds is 3. The minimum absolute atomic E-state index is 0.188. The van der Waals surface area contributed by atoms with Gasteiger partial charge in [-0.05, 0) is 25.0 Å². The molecule has 1 heterocycles. The monoisotopic (exact) mass is 331 g/mol. The molecule has 0 aliphatic carbocycles. The molecule has 1 atom stereocenters. The minimum Gasteiger partial charge on any atom is -0.406 e. The Labute approximate surface area is 130 Å². The highest BCUT2D eigenvalue weighted by Crippen LogP contribution is 2.26. The van der Waals surface area contributed by atoms with Gasteiger partial charge in [-0.15, -0.1) is 13.2 Å². The maximum atomic E-state index is 12.2. The summed E-state index contributed by atoms with van der Waals surface area (Å²) in [6, 6.07) is 4.42. The molecule has 1 aliphatic heterocycles. The fraction of sp³-hybridized carbons (Fsp3) is 0.429. The number of nitrogens with zero attached hydrogens (tertiary/aromatic N) is 1. The zero-order chi connectivity index (χ0) is 17.0. The van der Waals surface area contributed by atoms with Crippen LogP contribution < -0.4 is 15.8 Å². The summed E-state index contributed by atoms with van der Waals surface area (Å²) in [5.41, 5.74) is 5.38. The standard InChI is InChI=1S/C14H16F3N3O3/c15-14(16,17)23-11-5-1-4-10(7-11)19-12(21)9-3-2-6-20(8-9)13(18)22/h1,4-5,7,9H,2-3,6,8H2,(H2,18,22)(H,19,21). The fourth-order valence-corrected chi connectivity index (χ4v) is 2.41. The summed E-state index contributed by atoms with van der Waals surface area (Å²) in [6.07, 6.45) is -3.58. The van der Waals surface area contributed by atoms with Crippen molar-refractivity contribution in [3.05, 3.63) is 24.3 Å². The lowest BCUT2D eigenvalue weighted by atomic mass is 9.97. The van der Waals surface area contributed by atoms with Crippen LogP contribution in [0.3, 0.4) is 0 Å². The predicted octanol–water partition coefficient (Wildman–Crippen LogP) is 2.31. The number of ether oxygens (including phenoxy) is 1. The lowest BCUT2D eigenvalue weighted by Gasteiger charge is -2.30. The Morgan fingerprint density at radius 3 is 2.74 bits per heavy atom. The Kier molecular flexibility index (Phi) is 4.97. The number of alkyl halides is 3. The van der Waals surface area contributed by atoms with Crippen LogP contribution in [-0.4, -0.2) is 36.3 Å². The van der Waals surface area contributed by atoms with Crippen molar-refractivity contribution in [2.24, 2.45) is 11.7 Å². The van der Waals surface area contributed by atoms with E-state index < -0.39 is 24.1 Å². The number of primary amides is 1. The highest BCUT2D eigenvalue weighted by molar-refractivity contribution is 5.93. The number of halogens is 3. The van der Waals surface area contributed by atoms with E-state index in [9.17, 15) is 22.8 Å².